The number of morpholine rings is 1. The first-order valence-electron chi connectivity index (χ1n) is 10.5. The van der Waals surface area contributed by atoms with E-state index >= 15 is 0 Å². The van der Waals surface area contributed by atoms with Crippen LogP contribution in [0.1, 0.15) is 13.8 Å². The summed E-state index contributed by atoms with van der Waals surface area (Å²) in [6, 6.07) is 16.0. The summed E-state index contributed by atoms with van der Waals surface area (Å²) >= 11 is 1.44. The minimum atomic E-state index is -0.0522. The second kappa shape index (κ2) is 9.58. The van der Waals surface area contributed by atoms with Gasteiger partial charge in [0.25, 0.3) is 0 Å². The molecular weight excluding hydrogens is 408 g/mol. The topological polar surface area (TPSA) is 59.4 Å². The van der Waals surface area contributed by atoms with Gasteiger partial charge in [-0.05, 0) is 50.2 Å². The van der Waals surface area contributed by atoms with Crippen LogP contribution in [-0.4, -0.2) is 46.5 Å². The van der Waals surface area contributed by atoms with Crippen molar-refractivity contribution in [2.75, 3.05) is 29.1 Å². The van der Waals surface area contributed by atoms with Crippen molar-refractivity contribution < 1.29 is 9.53 Å². The molecule has 2 aromatic carbocycles. The average molecular weight is 437 g/mol. The first-order valence-corrected chi connectivity index (χ1v) is 11.5. The van der Waals surface area contributed by atoms with Crippen LogP contribution in [0, 0.1) is 0 Å². The quantitative estimate of drug-likeness (QED) is 0.434. The van der Waals surface area contributed by atoms with Crippen molar-refractivity contribution in [3.05, 3.63) is 61.2 Å². The maximum Gasteiger partial charge on any atom is 0.234 e. The molecule has 3 aromatic rings. The Hall–Kier alpha value is -2.77. The first-order chi connectivity index (χ1) is 15.0. The number of anilines is 2. The lowest BCUT2D eigenvalue weighted by atomic mass is 10.2. The number of hydrogen-bond acceptors (Lipinski definition) is 5. The zero-order valence-corrected chi connectivity index (χ0v) is 18.8. The van der Waals surface area contributed by atoms with E-state index in [0.29, 0.717) is 12.3 Å². The molecule has 0 radical (unpaired) electrons. The van der Waals surface area contributed by atoms with E-state index < -0.39 is 0 Å². The van der Waals surface area contributed by atoms with Gasteiger partial charge in [0, 0.05) is 31.0 Å². The number of nitrogens with one attached hydrogen (secondary N) is 1. The number of para-hydroxylation sites is 2. The average Bonchev–Trinajstić information content (AvgIpc) is 3.10. The number of rotatable bonds is 7. The van der Waals surface area contributed by atoms with Crippen LogP contribution in [0.2, 0.25) is 0 Å². The zero-order valence-electron chi connectivity index (χ0n) is 18.0. The van der Waals surface area contributed by atoms with Gasteiger partial charge >= 0.3 is 0 Å². The minimum absolute atomic E-state index is 0.0522. The Morgan fingerprint density at radius 1 is 1.19 bits per heavy atom. The fourth-order valence-corrected chi connectivity index (χ4v) is 4.76. The summed E-state index contributed by atoms with van der Waals surface area (Å²) in [4.78, 5) is 19.5. The molecule has 6 nitrogen and oxygen atoms in total. The number of imidazole rings is 1. The van der Waals surface area contributed by atoms with Gasteiger partial charge in [-0.25, -0.2) is 4.98 Å². The predicted molar refractivity (Wildman–Crippen MR) is 128 cm³/mol. The van der Waals surface area contributed by atoms with Crippen LogP contribution in [0.25, 0.3) is 11.0 Å². The van der Waals surface area contributed by atoms with Gasteiger partial charge in [-0.15, -0.1) is 6.58 Å². The molecule has 0 aliphatic carbocycles. The number of hydrogen-bond donors (Lipinski definition) is 1. The smallest absolute Gasteiger partial charge is 0.234 e. The van der Waals surface area contributed by atoms with E-state index in [9.17, 15) is 4.79 Å². The Balaban J connectivity index is 1.37. The zero-order chi connectivity index (χ0) is 21.8. The van der Waals surface area contributed by atoms with Gasteiger partial charge in [-0.1, -0.05) is 30.0 Å². The molecule has 1 aliphatic heterocycles. The van der Waals surface area contributed by atoms with E-state index in [-0.39, 0.29) is 18.1 Å². The van der Waals surface area contributed by atoms with E-state index in [4.69, 9.17) is 4.74 Å². The fraction of sp³-hybridized carbons (Fsp3) is 0.333. The Morgan fingerprint density at radius 3 is 2.61 bits per heavy atom. The molecule has 7 heteroatoms. The molecule has 1 amide bonds. The summed E-state index contributed by atoms with van der Waals surface area (Å²) < 4.78 is 7.89. The number of carbonyl (C=O) groups is 1. The lowest BCUT2D eigenvalue weighted by Gasteiger charge is -2.36. The van der Waals surface area contributed by atoms with Gasteiger partial charge in [0.2, 0.25) is 5.91 Å². The van der Waals surface area contributed by atoms with Gasteiger partial charge in [0.15, 0.2) is 5.16 Å². The molecule has 2 atom stereocenters. The summed E-state index contributed by atoms with van der Waals surface area (Å²) in [6.07, 6.45) is 2.27. The number of allylic oxidation sites excluding steroid dienone is 1. The summed E-state index contributed by atoms with van der Waals surface area (Å²) in [5.41, 5.74) is 3.91. The Kier molecular flexibility index (Phi) is 6.63. The van der Waals surface area contributed by atoms with E-state index in [1.807, 2.05) is 42.5 Å². The largest absolute Gasteiger partial charge is 0.372 e. The van der Waals surface area contributed by atoms with Gasteiger partial charge < -0.3 is 19.5 Å². The van der Waals surface area contributed by atoms with Gasteiger partial charge in [-0.2, -0.15) is 0 Å². The third-order valence-corrected chi connectivity index (χ3v) is 6.18. The number of amides is 1. The molecule has 162 valence electrons. The van der Waals surface area contributed by atoms with E-state index in [1.165, 1.54) is 11.8 Å². The lowest BCUT2D eigenvalue weighted by molar-refractivity contribution is -0.113. The Morgan fingerprint density at radius 2 is 1.90 bits per heavy atom. The van der Waals surface area contributed by atoms with Crippen LogP contribution >= 0.6 is 11.8 Å². The van der Waals surface area contributed by atoms with Crippen molar-refractivity contribution in [1.82, 2.24) is 9.55 Å². The molecule has 2 heterocycles. The highest BCUT2D eigenvalue weighted by molar-refractivity contribution is 7.99. The van der Waals surface area contributed by atoms with Crippen molar-refractivity contribution in [1.29, 1.82) is 0 Å². The van der Waals surface area contributed by atoms with Gasteiger partial charge in [-0.3, -0.25) is 4.79 Å². The molecule has 1 aromatic heterocycles. The first kappa shape index (κ1) is 21.5. The third kappa shape index (κ3) is 5.11. The van der Waals surface area contributed by atoms with E-state index in [2.05, 4.69) is 52.3 Å². The van der Waals surface area contributed by atoms with Gasteiger partial charge in [0.1, 0.15) is 0 Å². The van der Waals surface area contributed by atoms with Crippen LogP contribution in [0.15, 0.2) is 66.3 Å². The number of thioether (sulfide) groups is 1. The van der Waals surface area contributed by atoms with Crippen LogP contribution in [-0.2, 0) is 16.1 Å². The number of fused-ring (bicyclic) bond motifs is 1. The van der Waals surface area contributed by atoms with Crippen LogP contribution in [0.5, 0.6) is 0 Å². The molecule has 1 aliphatic rings. The molecule has 0 spiro atoms. The SMILES string of the molecule is C=CCn1c(SCC(=O)Nc2ccc(N3CC(C)OC(C)C3)cc2)nc2ccccc21. The molecule has 1 N–H and O–H groups in total. The van der Waals surface area contributed by atoms with Crippen molar-refractivity contribution in [2.45, 2.75) is 37.8 Å². The van der Waals surface area contributed by atoms with Crippen LogP contribution < -0.4 is 10.2 Å². The summed E-state index contributed by atoms with van der Waals surface area (Å²) in [5, 5.41) is 3.81. The highest BCUT2D eigenvalue weighted by atomic mass is 32.2. The third-order valence-electron chi connectivity index (χ3n) is 5.20. The second-order valence-electron chi connectivity index (χ2n) is 7.83. The van der Waals surface area contributed by atoms with Crippen LogP contribution in [0.3, 0.4) is 0 Å². The Labute approximate surface area is 187 Å². The maximum absolute atomic E-state index is 12.5. The number of carbonyl (C=O) groups excluding carboxylic acids is 1. The summed E-state index contributed by atoms with van der Waals surface area (Å²) in [5.74, 6) is 0.240. The fourth-order valence-electron chi connectivity index (χ4n) is 3.94. The molecule has 31 heavy (non-hydrogen) atoms. The second-order valence-corrected chi connectivity index (χ2v) is 8.77. The Bertz CT molecular complexity index is 1050. The van der Waals surface area contributed by atoms with Crippen molar-refractivity contribution in [3.8, 4) is 0 Å². The summed E-state index contributed by atoms with van der Waals surface area (Å²) in [7, 11) is 0. The lowest BCUT2D eigenvalue weighted by Crippen LogP contribution is -2.45. The highest BCUT2D eigenvalue weighted by Gasteiger charge is 2.22. The molecule has 4 rings (SSSR count). The number of nitrogens with zero attached hydrogens (tertiary/aromatic N) is 3. The van der Waals surface area contributed by atoms with E-state index in [0.717, 1.165) is 40.7 Å². The van der Waals surface area contributed by atoms with Crippen LogP contribution in [0.4, 0.5) is 11.4 Å². The van der Waals surface area contributed by atoms with Crippen molar-refractivity contribution >= 4 is 40.1 Å². The standard InChI is InChI=1S/C24H28N4O2S/c1-4-13-28-22-8-6-5-7-21(22)26-24(28)31-16-23(29)25-19-9-11-20(12-10-19)27-14-17(2)30-18(3)15-27/h4-12,17-18H,1,13-16H2,2-3H3,(H,25,29). The molecule has 1 fully saturated rings. The molecule has 2 unspecified atom stereocenters. The van der Waals surface area contributed by atoms with E-state index in [1.54, 1.807) is 0 Å². The monoisotopic (exact) mass is 436 g/mol. The maximum atomic E-state index is 12.5. The van der Waals surface area contributed by atoms with Crippen molar-refractivity contribution in [2.24, 2.45) is 0 Å². The minimum Gasteiger partial charge on any atom is -0.372 e. The molecule has 0 saturated carbocycles. The number of ether oxygens (including phenoxy) is 1. The molecule has 0 bridgehead atoms. The van der Waals surface area contributed by atoms with Crippen molar-refractivity contribution in [3.63, 3.8) is 0 Å². The number of benzene rings is 2. The molecular formula is C24H28N4O2S. The summed E-state index contributed by atoms with van der Waals surface area (Å²) in [6.45, 7) is 10.4. The predicted octanol–water partition coefficient (Wildman–Crippen LogP) is 4.57. The van der Waals surface area contributed by atoms with Gasteiger partial charge in [0.05, 0.1) is 29.0 Å². The highest BCUT2D eigenvalue weighted by Crippen LogP contribution is 2.25. The number of aromatic nitrogens is 2. The molecule has 1 saturated heterocycles. The normalized spacial score (nSPS) is 18.8.